The second-order valence-corrected chi connectivity index (χ2v) is 3.26. The first-order valence-corrected chi connectivity index (χ1v) is 4.09. The molecular weight excluding hydrogens is 144 g/mol. The Labute approximate surface area is 67.0 Å². The van der Waals surface area contributed by atoms with Gasteiger partial charge in [-0.25, -0.2) is 0 Å². The van der Waals surface area contributed by atoms with Gasteiger partial charge in [0.25, 0.3) is 0 Å². The van der Waals surface area contributed by atoms with E-state index in [4.69, 9.17) is 4.74 Å². The second kappa shape index (κ2) is 3.09. The maximum atomic E-state index is 9.39. The highest BCUT2D eigenvalue weighted by Crippen LogP contribution is 2.32. The van der Waals surface area contributed by atoms with Crippen LogP contribution in [0.15, 0.2) is 0 Å². The molecule has 0 radical (unpaired) electrons. The van der Waals surface area contributed by atoms with Crippen LogP contribution in [-0.4, -0.2) is 34.6 Å². The summed E-state index contributed by atoms with van der Waals surface area (Å²) in [5.41, 5.74) is -0.694. The van der Waals surface area contributed by atoms with Gasteiger partial charge in [-0.05, 0) is 26.7 Å². The fraction of sp³-hybridized carbons (Fsp3) is 1.00. The predicted molar refractivity (Wildman–Crippen MR) is 41.3 cm³/mol. The summed E-state index contributed by atoms with van der Waals surface area (Å²) in [5.74, 6) is 0. The zero-order valence-corrected chi connectivity index (χ0v) is 7.08. The number of ether oxygens (including phenoxy) is 1. The molecule has 3 heteroatoms. The minimum Gasteiger partial charge on any atom is -0.390 e. The van der Waals surface area contributed by atoms with Gasteiger partial charge in [0.2, 0.25) is 0 Å². The Hall–Kier alpha value is -0.120. The van der Waals surface area contributed by atoms with Gasteiger partial charge in [-0.3, -0.25) is 0 Å². The van der Waals surface area contributed by atoms with E-state index in [9.17, 15) is 10.2 Å². The molecule has 2 atom stereocenters. The lowest BCUT2D eigenvalue weighted by Gasteiger charge is -2.34. The maximum Gasteiger partial charge on any atom is 0.119 e. The topological polar surface area (TPSA) is 49.7 Å². The molecule has 11 heavy (non-hydrogen) atoms. The smallest absolute Gasteiger partial charge is 0.119 e. The van der Waals surface area contributed by atoms with Crippen LogP contribution in [0, 0.1) is 0 Å². The van der Waals surface area contributed by atoms with Gasteiger partial charge < -0.3 is 14.9 Å². The van der Waals surface area contributed by atoms with Crippen molar-refractivity contribution in [1.29, 1.82) is 0 Å². The molecule has 0 saturated carbocycles. The summed E-state index contributed by atoms with van der Waals surface area (Å²) in [4.78, 5) is 0. The van der Waals surface area contributed by atoms with Crippen LogP contribution in [-0.2, 0) is 4.74 Å². The van der Waals surface area contributed by atoms with E-state index >= 15 is 0 Å². The van der Waals surface area contributed by atoms with Crippen molar-refractivity contribution in [3.63, 3.8) is 0 Å². The van der Waals surface area contributed by atoms with Crippen molar-refractivity contribution in [2.75, 3.05) is 6.61 Å². The molecule has 3 nitrogen and oxygen atoms in total. The normalized spacial score (nSPS) is 37.1. The molecule has 0 bridgehead atoms. The first kappa shape index (κ1) is 8.97. The number of hydrogen-bond donors (Lipinski definition) is 2. The Kier molecular flexibility index (Phi) is 2.52. The van der Waals surface area contributed by atoms with Crippen molar-refractivity contribution in [1.82, 2.24) is 0 Å². The fourth-order valence-corrected chi connectivity index (χ4v) is 1.69. The van der Waals surface area contributed by atoms with Crippen molar-refractivity contribution < 1.29 is 14.9 Å². The molecule has 66 valence electrons. The molecule has 0 aromatic carbocycles. The van der Waals surface area contributed by atoms with Crippen LogP contribution in [0.25, 0.3) is 0 Å². The average molecular weight is 160 g/mol. The fourth-order valence-electron chi connectivity index (χ4n) is 1.69. The van der Waals surface area contributed by atoms with Crippen LogP contribution < -0.4 is 0 Å². The molecule has 0 aliphatic carbocycles. The highest BCUT2D eigenvalue weighted by Gasteiger charge is 2.43. The van der Waals surface area contributed by atoms with Crippen LogP contribution in [0.3, 0.4) is 0 Å². The SMILES string of the molecule is CC(O)C1(C(C)O)CCCO1. The molecule has 0 amide bonds. The molecule has 1 heterocycles. The Morgan fingerprint density at radius 2 is 1.82 bits per heavy atom. The molecule has 1 fully saturated rings. The Morgan fingerprint density at radius 1 is 1.27 bits per heavy atom. The number of aliphatic hydroxyl groups is 2. The molecule has 0 aromatic heterocycles. The lowest BCUT2D eigenvalue weighted by molar-refractivity contribution is -0.143. The van der Waals surface area contributed by atoms with Crippen molar-refractivity contribution in [3.05, 3.63) is 0 Å². The van der Waals surface area contributed by atoms with E-state index < -0.39 is 17.8 Å². The zero-order chi connectivity index (χ0) is 8.48. The summed E-state index contributed by atoms with van der Waals surface area (Å²) >= 11 is 0. The highest BCUT2D eigenvalue weighted by atomic mass is 16.5. The van der Waals surface area contributed by atoms with Crippen LogP contribution in [0.1, 0.15) is 26.7 Å². The van der Waals surface area contributed by atoms with Crippen LogP contribution in [0.5, 0.6) is 0 Å². The summed E-state index contributed by atoms with van der Waals surface area (Å²) in [5, 5.41) is 18.8. The third-order valence-corrected chi connectivity index (χ3v) is 2.50. The summed E-state index contributed by atoms with van der Waals surface area (Å²) < 4.78 is 5.36. The highest BCUT2D eigenvalue weighted by molar-refractivity contribution is 4.94. The molecule has 1 aliphatic heterocycles. The quantitative estimate of drug-likeness (QED) is 0.610. The maximum absolute atomic E-state index is 9.39. The molecule has 2 N–H and O–H groups in total. The Bertz CT molecular complexity index is 115. The van der Waals surface area contributed by atoms with Crippen LogP contribution >= 0.6 is 0 Å². The molecule has 2 unspecified atom stereocenters. The Morgan fingerprint density at radius 3 is 2.00 bits per heavy atom. The molecule has 1 saturated heterocycles. The van der Waals surface area contributed by atoms with Gasteiger partial charge in [0.05, 0.1) is 12.2 Å². The molecule has 0 spiro atoms. The molecule has 0 aromatic rings. The van der Waals surface area contributed by atoms with Gasteiger partial charge in [-0.1, -0.05) is 0 Å². The second-order valence-electron chi connectivity index (χ2n) is 3.26. The molecule has 1 aliphatic rings. The van der Waals surface area contributed by atoms with E-state index in [0.29, 0.717) is 6.61 Å². The lowest BCUT2D eigenvalue weighted by Crippen LogP contribution is -2.49. The Balaban J connectivity index is 2.70. The van der Waals surface area contributed by atoms with E-state index in [1.54, 1.807) is 13.8 Å². The van der Waals surface area contributed by atoms with Gasteiger partial charge in [-0.15, -0.1) is 0 Å². The number of hydrogen-bond acceptors (Lipinski definition) is 3. The van der Waals surface area contributed by atoms with E-state index in [2.05, 4.69) is 0 Å². The largest absolute Gasteiger partial charge is 0.390 e. The summed E-state index contributed by atoms with van der Waals surface area (Å²) in [6.07, 6.45) is 0.494. The summed E-state index contributed by atoms with van der Waals surface area (Å²) in [6, 6.07) is 0. The van der Waals surface area contributed by atoms with Gasteiger partial charge in [0.1, 0.15) is 5.60 Å². The molecular formula is C8H16O3. The van der Waals surface area contributed by atoms with Gasteiger partial charge in [0, 0.05) is 6.61 Å². The third kappa shape index (κ3) is 1.41. The van der Waals surface area contributed by atoms with E-state index in [-0.39, 0.29) is 0 Å². The van der Waals surface area contributed by atoms with Gasteiger partial charge in [-0.2, -0.15) is 0 Å². The minimum absolute atomic E-state index is 0.593. The van der Waals surface area contributed by atoms with E-state index in [1.165, 1.54) is 0 Å². The van der Waals surface area contributed by atoms with Gasteiger partial charge in [0.15, 0.2) is 0 Å². The van der Waals surface area contributed by atoms with Gasteiger partial charge >= 0.3 is 0 Å². The zero-order valence-electron chi connectivity index (χ0n) is 7.08. The minimum atomic E-state index is -0.694. The summed E-state index contributed by atoms with van der Waals surface area (Å²) in [7, 11) is 0. The monoisotopic (exact) mass is 160 g/mol. The van der Waals surface area contributed by atoms with Crippen molar-refractivity contribution in [2.24, 2.45) is 0 Å². The number of aliphatic hydroxyl groups excluding tert-OH is 2. The van der Waals surface area contributed by atoms with Crippen LogP contribution in [0.2, 0.25) is 0 Å². The summed E-state index contributed by atoms with van der Waals surface area (Å²) in [6.45, 7) is 3.98. The van der Waals surface area contributed by atoms with Crippen molar-refractivity contribution in [3.8, 4) is 0 Å². The number of rotatable bonds is 2. The van der Waals surface area contributed by atoms with E-state index in [0.717, 1.165) is 12.8 Å². The van der Waals surface area contributed by atoms with E-state index in [1.807, 2.05) is 0 Å². The first-order valence-electron chi connectivity index (χ1n) is 4.09. The standard InChI is InChI=1S/C8H16O3/c1-6(9)8(7(2)10)4-3-5-11-8/h6-7,9-10H,3-5H2,1-2H3. The average Bonchev–Trinajstić information content (AvgIpc) is 2.34. The van der Waals surface area contributed by atoms with Crippen molar-refractivity contribution in [2.45, 2.75) is 44.5 Å². The van der Waals surface area contributed by atoms with Crippen molar-refractivity contribution >= 4 is 0 Å². The first-order chi connectivity index (χ1) is 5.09. The van der Waals surface area contributed by atoms with Crippen LogP contribution in [0.4, 0.5) is 0 Å². The predicted octanol–water partition coefficient (Wildman–Crippen LogP) is 0.297. The molecule has 1 rings (SSSR count). The third-order valence-electron chi connectivity index (χ3n) is 2.50. The lowest BCUT2D eigenvalue weighted by atomic mass is 9.89.